The summed E-state index contributed by atoms with van der Waals surface area (Å²) in [6.45, 7) is 11.0. The first-order valence-corrected chi connectivity index (χ1v) is 11.7. The van der Waals surface area contributed by atoms with E-state index in [1.54, 1.807) is 23.5 Å². The van der Waals surface area contributed by atoms with Crippen molar-refractivity contribution in [1.82, 2.24) is 24.7 Å². The molecular formula is C21H27N5OS2. The van der Waals surface area contributed by atoms with Crippen LogP contribution < -0.4 is 4.74 Å². The molecule has 2 heterocycles. The minimum atomic E-state index is 0.462. The van der Waals surface area contributed by atoms with Gasteiger partial charge in [0.25, 0.3) is 0 Å². The minimum absolute atomic E-state index is 0.462. The summed E-state index contributed by atoms with van der Waals surface area (Å²) >= 11 is 3.32. The van der Waals surface area contributed by atoms with Crippen LogP contribution in [-0.2, 0) is 5.75 Å². The Bertz CT molecular complexity index is 922. The first-order chi connectivity index (χ1) is 14.0. The highest BCUT2D eigenvalue weighted by Crippen LogP contribution is 2.30. The van der Waals surface area contributed by atoms with Crippen LogP contribution in [0.1, 0.15) is 44.4 Å². The molecule has 8 heteroatoms. The molecule has 0 saturated carbocycles. The Morgan fingerprint density at radius 1 is 1.03 bits per heavy atom. The maximum absolute atomic E-state index is 5.58. The predicted octanol–water partition coefficient (Wildman–Crippen LogP) is 5.26. The predicted molar refractivity (Wildman–Crippen MR) is 119 cm³/mol. The fourth-order valence-electron chi connectivity index (χ4n) is 2.74. The van der Waals surface area contributed by atoms with Gasteiger partial charge in [0.1, 0.15) is 11.6 Å². The van der Waals surface area contributed by atoms with E-state index >= 15 is 0 Å². The van der Waals surface area contributed by atoms with Crippen molar-refractivity contribution in [2.45, 2.75) is 62.4 Å². The van der Waals surface area contributed by atoms with E-state index in [1.807, 2.05) is 39.0 Å². The average molecular weight is 430 g/mol. The summed E-state index contributed by atoms with van der Waals surface area (Å²) in [6.07, 6.45) is 1.07. The zero-order valence-corrected chi connectivity index (χ0v) is 19.2. The van der Waals surface area contributed by atoms with Crippen molar-refractivity contribution in [1.29, 1.82) is 0 Å². The normalized spacial score (nSPS) is 12.2. The van der Waals surface area contributed by atoms with Crippen molar-refractivity contribution in [2.75, 3.05) is 6.61 Å². The van der Waals surface area contributed by atoms with Crippen LogP contribution in [0.3, 0.4) is 0 Å². The van der Waals surface area contributed by atoms with Crippen molar-refractivity contribution in [3.63, 3.8) is 0 Å². The highest BCUT2D eigenvalue weighted by molar-refractivity contribution is 7.99. The van der Waals surface area contributed by atoms with E-state index in [0.29, 0.717) is 17.6 Å². The molecule has 0 radical (unpaired) electrons. The molecular weight excluding hydrogens is 402 g/mol. The van der Waals surface area contributed by atoms with E-state index in [1.165, 1.54) is 0 Å². The molecule has 29 heavy (non-hydrogen) atoms. The maximum atomic E-state index is 5.58. The lowest BCUT2D eigenvalue weighted by molar-refractivity contribution is 0.340. The number of rotatable bonds is 9. The van der Waals surface area contributed by atoms with Crippen LogP contribution >= 0.6 is 23.5 Å². The number of hydrogen-bond acceptors (Lipinski definition) is 7. The van der Waals surface area contributed by atoms with Gasteiger partial charge in [-0.15, -0.1) is 10.2 Å². The molecule has 0 spiro atoms. The second kappa shape index (κ2) is 10.1. The first kappa shape index (κ1) is 21.6. The molecule has 0 N–H and O–H groups in total. The molecule has 1 unspecified atom stereocenters. The van der Waals surface area contributed by atoms with Crippen molar-refractivity contribution in [3.8, 4) is 11.4 Å². The Kier molecular flexibility index (Phi) is 7.55. The zero-order valence-electron chi connectivity index (χ0n) is 17.5. The number of benzene rings is 1. The van der Waals surface area contributed by atoms with Gasteiger partial charge >= 0.3 is 0 Å². The third kappa shape index (κ3) is 5.73. The third-order valence-corrected chi connectivity index (χ3v) is 6.33. The highest BCUT2D eigenvalue weighted by atomic mass is 32.2. The molecule has 6 nitrogen and oxygen atoms in total. The lowest BCUT2D eigenvalue weighted by atomic mass is 10.3. The van der Waals surface area contributed by atoms with Crippen LogP contribution in [0.5, 0.6) is 5.75 Å². The third-order valence-electron chi connectivity index (χ3n) is 4.28. The molecule has 0 aliphatic heterocycles. The van der Waals surface area contributed by atoms with Crippen LogP contribution in [0, 0.1) is 13.8 Å². The van der Waals surface area contributed by atoms with Crippen molar-refractivity contribution in [3.05, 3.63) is 47.5 Å². The summed E-state index contributed by atoms with van der Waals surface area (Å²) in [5.41, 5.74) is 2.98. The van der Waals surface area contributed by atoms with Gasteiger partial charge < -0.3 is 4.74 Å². The number of ether oxygens (including phenoxy) is 1. The Labute approximate surface area is 180 Å². The van der Waals surface area contributed by atoms with E-state index < -0.39 is 0 Å². The minimum Gasteiger partial charge on any atom is -0.494 e. The van der Waals surface area contributed by atoms with E-state index in [-0.39, 0.29) is 0 Å². The summed E-state index contributed by atoms with van der Waals surface area (Å²) in [7, 11) is 0. The zero-order chi connectivity index (χ0) is 20.8. The lowest BCUT2D eigenvalue weighted by Gasteiger charge is -2.13. The number of nitrogens with zero attached hydrogens (tertiary/aromatic N) is 5. The molecule has 3 aromatic rings. The molecule has 0 amide bonds. The van der Waals surface area contributed by atoms with Crippen LogP contribution in [0.15, 0.2) is 40.6 Å². The molecule has 1 aromatic carbocycles. The number of hydrogen-bond donors (Lipinski definition) is 0. The Morgan fingerprint density at radius 2 is 1.72 bits per heavy atom. The summed E-state index contributed by atoms with van der Waals surface area (Å²) in [6, 6.07) is 10.1. The van der Waals surface area contributed by atoms with Crippen molar-refractivity contribution >= 4 is 23.5 Å². The lowest BCUT2D eigenvalue weighted by Crippen LogP contribution is -2.04. The molecule has 0 fully saturated rings. The quantitative estimate of drug-likeness (QED) is 0.340. The molecule has 154 valence electrons. The Hall–Kier alpha value is -2.06. The number of aromatic nitrogens is 5. The summed E-state index contributed by atoms with van der Waals surface area (Å²) in [5.74, 6) is 2.39. The highest BCUT2D eigenvalue weighted by Gasteiger charge is 2.17. The van der Waals surface area contributed by atoms with Crippen LogP contribution in [0.2, 0.25) is 0 Å². The van der Waals surface area contributed by atoms with E-state index in [4.69, 9.17) is 4.74 Å². The smallest absolute Gasteiger partial charge is 0.196 e. The van der Waals surface area contributed by atoms with Gasteiger partial charge in [0, 0.05) is 22.3 Å². The Morgan fingerprint density at radius 3 is 2.34 bits per heavy atom. The van der Waals surface area contributed by atoms with E-state index in [9.17, 15) is 0 Å². The molecule has 0 saturated heterocycles. The molecule has 2 aromatic heterocycles. The van der Waals surface area contributed by atoms with Gasteiger partial charge in [-0.1, -0.05) is 37.4 Å². The van der Waals surface area contributed by atoms with Crippen LogP contribution in [-0.4, -0.2) is 36.6 Å². The molecule has 0 bridgehead atoms. The van der Waals surface area contributed by atoms with Crippen molar-refractivity contribution in [2.24, 2.45) is 0 Å². The Balaban J connectivity index is 1.89. The fourth-order valence-corrected chi connectivity index (χ4v) is 4.53. The summed E-state index contributed by atoms with van der Waals surface area (Å²) in [4.78, 5) is 9.05. The first-order valence-electron chi connectivity index (χ1n) is 9.79. The molecule has 3 rings (SSSR count). The van der Waals surface area contributed by atoms with Crippen LogP contribution in [0.4, 0.5) is 0 Å². The van der Waals surface area contributed by atoms with Gasteiger partial charge in [-0.3, -0.25) is 4.57 Å². The molecule has 0 aliphatic carbocycles. The van der Waals surface area contributed by atoms with Gasteiger partial charge in [0.2, 0.25) is 0 Å². The summed E-state index contributed by atoms with van der Waals surface area (Å²) < 4.78 is 7.71. The van der Waals surface area contributed by atoms with Gasteiger partial charge in [-0.25, -0.2) is 9.97 Å². The monoisotopic (exact) mass is 429 g/mol. The number of thioether (sulfide) groups is 2. The topological polar surface area (TPSA) is 65.7 Å². The van der Waals surface area contributed by atoms with Gasteiger partial charge in [0.15, 0.2) is 10.3 Å². The second-order valence-electron chi connectivity index (χ2n) is 6.72. The fraction of sp³-hybridized carbons (Fsp3) is 0.429. The SMILES string of the molecule is CCOc1ccc(-n2c(CSc3nc(C)cc(C)n3)nnc2SC(C)CC)cc1. The van der Waals surface area contributed by atoms with Gasteiger partial charge in [-0.05, 0) is 57.5 Å². The largest absolute Gasteiger partial charge is 0.494 e. The number of aryl methyl sites for hydroxylation is 2. The average Bonchev–Trinajstić information content (AvgIpc) is 3.09. The van der Waals surface area contributed by atoms with E-state index in [2.05, 4.69) is 50.7 Å². The second-order valence-corrected chi connectivity index (χ2v) is 9.07. The van der Waals surface area contributed by atoms with Gasteiger partial charge in [0.05, 0.1) is 12.4 Å². The molecule has 1 atom stereocenters. The molecule has 0 aliphatic rings. The standard InChI is InChI=1S/C21H27N5OS2/c1-6-16(5)29-21-25-24-19(13-28-20-22-14(3)12-15(4)23-20)26(21)17-8-10-18(11-9-17)27-7-2/h8-12,16H,6-7,13H2,1-5H3. The van der Waals surface area contributed by atoms with E-state index in [0.717, 1.165) is 45.4 Å². The van der Waals surface area contributed by atoms with Gasteiger partial charge in [-0.2, -0.15) is 0 Å². The van der Waals surface area contributed by atoms with Crippen LogP contribution in [0.25, 0.3) is 5.69 Å². The van der Waals surface area contributed by atoms with Crippen molar-refractivity contribution < 1.29 is 4.74 Å². The summed E-state index contributed by atoms with van der Waals surface area (Å²) in [5, 5.41) is 11.1. The maximum Gasteiger partial charge on any atom is 0.196 e.